The molecule has 2 aromatic rings. The highest BCUT2D eigenvalue weighted by Gasteiger charge is 2.20. The van der Waals surface area contributed by atoms with Gasteiger partial charge in [0.25, 0.3) is 0 Å². The van der Waals surface area contributed by atoms with E-state index in [1.165, 1.54) is 22.4 Å². The van der Waals surface area contributed by atoms with Gasteiger partial charge in [-0.05, 0) is 43.5 Å². The molecule has 0 aliphatic carbocycles. The SMILES string of the molecule is Cc1cccc(CNC(=O)CN2CCN(c3cccc(C)c3C)CC2)c1. The molecule has 0 bridgehead atoms. The van der Waals surface area contributed by atoms with Crippen molar-refractivity contribution in [3.8, 4) is 0 Å². The monoisotopic (exact) mass is 351 g/mol. The van der Waals surface area contributed by atoms with Crippen LogP contribution in [0.25, 0.3) is 0 Å². The smallest absolute Gasteiger partial charge is 0.234 e. The number of rotatable bonds is 5. The predicted octanol–water partition coefficient (Wildman–Crippen LogP) is 3.05. The number of carbonyl (C=O) groups excluding carboxylic acids is 1. The first-order valence-electron chi connectivity index (χ1n) is 9.38. The number of anilines is 1. The standard InChI is InChI=1S/C22H29N3O/c1-17-6-4-8-20(14-17)15-23-22(26)16-24-10-12-25(13-11-24)21-9-5-7-18(2)19(21)3/h4-9,14H,10-13,15-16H2,1-3H3,(H,23,26). The molecule has 0 spiro atoms. The average molecular weight is 351 g/mol. The van der Waals surface area contributed by atoms with Crippen molar-refractivity contribution >= 4 is 11.6 Å². The average Bonchev–Trinajstić information content (AvgIpc) is 2.63. The first-order valence-corrected chi connectivity index (χ1v) is 9.38. The van der Waals surface area contributed by atoms with Crippen molar-refractivity contribution in [2.75, 3.05) is 37.6 Å². The lowest BCUT2D eigenvalue weighted by Gasteiger charge is -2.36. The zero-order valence-electron chi connectivity index (χ0n) is 16.1. The van der Waals surface area contributed by atoms with Crippen molar-refractivity contribution in [3.05, 3.63) is 64.7 Å². The molecular formula is C22H29N3O. The first-order chi connectivity index (χ1) is 12.5. The Morgan fingerprint density at radius 2 is 1.73 bits per heavy atom. The molecule has 0 radical (unpaired) electrons. The number of hydrogen-bond donors (Lipinski definition) is 1. The van der Waals surface area contributed by atoms with Gasteiger partial charge in [-0.1, -0.05) is 42.0 Å². The normalized spacial score (nSPS) is 15.1. The largest absolute Gasteiger partial charge is 0.369 e. The van der Waals surface area contributed by atoms with E-state index in [1.807, 2.05) is 6.07 Å². The molecule has 138 valence electrons. The first kappa shape index (κ1) is 18.5. The van der Waals surface area contributed by atoms with Crippen molar-refractivity contribution in [2.24, 2.45) is 0 Å². The molecule has 3 rings (SSSR count). The van der Waals surface area contributed by atoms with E-state index in [1.54, 1.807) is 0 Å². The van der Waals surface area contributed by atoms with Crippen LogP contribution >= 0.6 is 0 Å². The number of hydrogen-bond acceptors (Lipinski definition) is 3. The summed E-state index contributed by atoms with van der Waals surface area (Å²) in [6.45, 7) is 11.3. The highest BCUT2D eigenvalue weighted by molar-refractivity contribution is 5.78. The lowest BCUT2D eigenvalue weighted by Crippen LogP contribution is -2.49. The molecule has 1 N–H and O–H groups in total. The summed E-state index contributed by atoms with van der Waals surface area (Å²) < 4.78 is 0. The van der Waals surface area contributed by atoms with Crippen LogP contribution < -0.4 is 10.2 Å². The minimum atomic E-state index is 0.103. The van der Waals surface area contributed by atoms with Crippen LogP contribution in [0.4, 0.5) is 5.69 Å². The number of nitrogens with zero attached hydrogens (tertiary/aromatic N) is 2. The zero-order valence-corrected chi connectivity index (χ0v) is 16.1. The van der Waals surface area contributed by atoms with Crippen molar-refractivity contribution < 1.29 is 4.79 Å². The lowest BCUT2D eigenvalue weighted by molar-refractivity contribution is -0.122. The van der Waals surface area contributed by atoms with E-state index < -0.39 is 0 Å². The number of carbonyl (C=O) groups is 1. The fraction of sp³-hybridized carbons (Fsp3) is 0.409. The summed E-state index contributed by atoms with van der Waals surface area (Å²) in [5.41, 5.74) is 6.39. The maximum atomic E-state index is 12.3. The molecular weight excluding hydrogens is 322 g/mol. The summed E-state index contributed by atoms with van der Waals surface area (Å²) in [5, 5.41) is 3.04. The van der Waals surface area contributed by atoms with Gasteiger partial charge in [0.2, 0.25) is 5.91 Å². The summed E-state index contributed by atoms with van der Waals surface area (Å²) in [5.74, 6) is 0.103. The molecule has 1 aliphatic rings. The van der Waals surface area contributed by atoms with Crippen molar-refractivity contribution in [2.45, 2.75) is 27.3 Å². The number of nitrogens with one attached hydrogen (secondary N) is 1. The third-order valence-electron chi connectivity index (χ3n) is 5.23. The summed E-state index contributed by atoms with van der Waals surface area (Å²) in [6, 6.07) is 14.8. The summed E-state index contributed by atoms with van der Waals surface area (Å²) in [7, 11) is 0. The number of aryl methyl sites for hydroxylation is 2. The molecule has 1 amide bonds. The van der Waals surface area contributed by atoms with Crippen molar-refractivity contribution in [1.29, 1.82) is 0 Å². The number of piperazine rings is 1. The van der Waals surface area contributed by atoms with Crippen LogP contribution in [-0.2, 0) is 11.3 Å². The van der Waals surface area contributed by atoms with Gasteiger partial charge in [-0.25, -0.2) is 0 Å². The Labute approximate surface area is 156 Å². The van der Waals surface area contributed by atoms with Gasteiger partial charge in [0.05, 0.1) is 6.54 Å². The Bertz CT molecular complexity index is 764. The molecule has 4 nitrogen and oxygen atoms in total. The molecule has 1 saturated heterocycles. The van der Waals surface area contributed by atoms with Crippen LogP contribution in [0.1, 0.15) is 22.3 Å². The van der Waals surface area contributed by atoms with Gasteiger partial charge < -0.3 is 10.2 Å². The molecule has 0 atom stereocenters. The van der Waals surface area contributed by atoms with Crippen LogP contribution in [0.2, 0.25) is 0 Å². The van der Waals surface area contributed by atoms with Gasteiger partial charge in [0.15, 0.2) is 0 Å². The van der Waals surface area contributed by atoms with E-state index in [-0.39, 0.29) is 5.91 Å². The van der Waals surface area contributed by atoms with Gasteiger partial charge in [0, 0.05) is 38.4 Å². The second-order valence-electron chi connectivity index (χ2n) is 7.25. The maximum absolute atomic E-state index is 12.3. The topological polar surface area (TPSA) is 35.6 Å². The Morgan fingerprint density at radius 3 is 2.46 bits per heavy atom. The molecule has 0 unspecified atom stereocenters. The van der Waals surface area contributed by atoms with Crippen LogP contribution in [0.15, 0.2) is 42.5 Å². The number of amides is 1. The van der Waals surface area contributed by atoms with Crippen LogP contribution in [0.5, 0.6) is 0 Å². The van der Waals surface area contributed by atoms with Gasteiger partial charge >= 0.3 is 0 Å². The van der Waals surface area contributed by atoms with E-state index >= 15 is 0 Å². The van der Waals surface area contributed by atoms with Gasteiger partial charge in [-0.2, -0.15) is 0 Å². The Kier molecular flexibility index (Phi) is 5.94. The third-order valence-corrected chi connectivity index (χ3v) is 5.23. The summed E-state index contributed by atoms with van der Waals surface area (Å²) in [6.07, 6.45) is 0. The Hall–Kier alpha value is -2.33. The fourth-order valence-corrected chi connectivity index (χ4v) is 3.51. The Balaban J connectivity index is 1.46. The second kappa shape index (κ2) is 8.37. The molecule has 26 heavy (non-hydrogen) atoms. The van der Waals surface area contributed by atoms with E-state index in [0.717, 1.165) is 31.7 Å². The molecule has 0 aromatic heterocycles. The Morgan fingerprint density at radius 1 is 1.00 bits per heavy atom. The van der Waals surface area contributed by atoms with Crippen LogP contribution in [-0.4, -0.2) is 43.5 Å². The van der Waals surface area contributed by atoms with E-state index in [2.05, 4.69) is 72.3 Å². The molecule has 0 saturated carbocycles. The molecule has 4 heteroatoms. The van der Waals surface area contributed by atoms with Crippen molar-refractivity contribution in [1.82, 2.24) is 10.2 Å². The lowest BCUT2D eigenvalue weighted by atomic mass is 10.1. The van der Waals surface area contributed by atoms with E-state index in [4.69, 9.17) is 0 Å². The van der Waals surface area contributed by atoms with Gasteiger partial charge in [-0.15, -0.1) is 0 Å². The fourth-order valence-electron chi connectivity index (χ4n) is 3.51. The molecule has 2 aromatic carbocycles. The number of benzene rings is 2. The van der Waals surface area contributed by atoms with Crippen LogP contribution in [0.3, 0.4) is 0 Å². The predicted molar refractivity (Wildman–Crippen MR) is 108 cm³/mol. The summed E-state index contributed by atoms with van der Waals surface area (Å²) in [4.78, 5) is 16.9. The molecule has 1 heterocycles. The molecule has 1 fully saturated rings. The highest BCUT2D eigenvalue weighted by atomic mass is 16.2. The summed E-state index contributed by atoms with van der Waals surface area (Å²) >= 11 is 0. The highest BCUT2D eigenvalue weighted by Crippen LogP contribution is 2.23. The zero-order chi connectivity index (χ0) is 18.5. The van der Waals surface area contributed by atoms with Gasteiger partial charge in [-0.3, -0.25) is 9.69 Å². The second-order valence-corrected chi connectivity index (χ2v) is 7.25. The maximum Gasteiger partial charge on any atom is 0.234 e. The van der Waals surface area contributed by atoms with Crippen molar-refractivity contribution in [3.63, 3.8) is 0 Å². The van der Waals surface area contributed by atoms with E-state index in [0.29, 0.717) is 13.1 Å². The van der Waals surface area contributed by atoms with Crippen LogP contribution in [0, 0.1) is 20.8 Å². The minimum Gasteiger partial charge on any atom is -0.369 e. The minimum absolute atomic E-state index is 0.103. The third kappa shape index (κ3) is 4.64. The van der Waals surface area contributed by atoms with Gasteiger partial charge in [0.1, 0.15) is 0 Å². The van der Waals surface area contributed by atoms with E-state index in [9.17, 15) is 4.79 Å². The quantitative estimate of drug-likeness (QED) is 0.899. The molecule has 1 aliphatic heterocycles.